The van der Waals surface area contributed by atoms with Crippen LogP contribution in [0.5, 0.6) is 11.5 Å². The van der Waals surface area contributed by atoms with E-state index >= 15 is 4.39 Å². The number of carbonyl (C=O) groups is 1. The Morgan fingerprint density at radius 1 is 1.05 bits per heavy atom. The summed E-state index contributed by atoms with van der Waals surface area (Å²) in [4.78, 5) is 16.5. The number of sulfonamides is 1. The summed E-state index contributed by atoms with van der Waals surface area (Å²) in [6.07, 6.45) is 1.76. The second-order valence-electron chi connectivity index (χ2n) is 10.1. The number of hydrogen-bond donors (Lipinski definition) is 2. The fourth-order valence-electron chi connectivity index (χ4n) is 5.16. The molecule has 13 heteroatoms. The van der Waals surface area contributed by atoms with E-state index < -0.39 is 39.0 Å². The van der Waals surface area contributed by atoms with Gasteiger partial charge < -0.3 is 15.5 Å². The predicted molar refractivity (Wildman–Crippen MR) is 151 cm³/mol. The summed E-state index contributed by atoms with van der Waals surface area (Å²) in [5.41, 5.74) is 8.59. The monoisotopic (exact) mass is 595 g/mol. The van der Waals surface area contributed by atoms with Gasteiger partial charge in [0.1, 0.15) is 17.3 Å². The van der Waals surface area contributed by atoms with Crippen LogP contribution in [0.2, 0.25) is 0 Å². The molecule has 42 heavy (non-hydrogen) atoms. The molecule has 1 aliphatic heterocycles. The lowest BCUT2D eigenvalue weighted by Crippen LogP contribution is -2.25. The van der Waals surface area contributed by atoms with E-state index in [1.807, 2.05) is 0 Å². The van der Waals surface area contributed by atoms with Gasteiger partial charge in [-0.1, -0.05) is 6.07 Å². The minimum absolute atomic E-state index is 0.0154. The van der Waals surface area contributed by atoms with E-state index in [4.69, 9.17) is 10.5 Å². The fourth-order valence-corrected chi connectivity index (χ4v) is 6.78. The SMILES string of the molecule is Cc1cc2cc(C(=O)c3cnn(-c4c(C)cc(Oc5cccc(F)c5F)cc4F)c3N)[nH]c2cc1N1CCCS1(=O)=O. The largest absolute Gasteiger partial charge is 0.454 e. The van der Waals surface area contributed by atoms with Gasteiger partial charge in [0.25, 0.3) is 0 Å². The van der Waals surface area contributed by atoms with Crippen LogP contribution in [-0.4, -0.2) is 41.3 Å². The summed E-state index contributed by atoms with van der Waals surface area (Å²) < 4.78 is 75.6. The number of H-pyrrole nitrogens is 1. The number of ether oxygens (including phenoxy) is 1. The van der Waals surface area contributed by atoms with Crippen LogP contribution in [-0.2, 0) is 10.0 Å². The zero-order chi connectivity index (χ0) is 29.9. The zero-order valence-electron chi connectivity index (χ0n) is 22.4. The maximum absolute atomic E-state index is 15.3. The summed E-state index contributed by atoms with van der Waals surface area (Å²) in [5, 5.41) is 4.84. The Labute approximate surface area is 238 Å². The van der Waals surface area contributed by atoms with Crippen molar-refractivity contribution in [2.45, 2.75) is 20.3 Å². The van der Waals surface area contributed by atoms with Gasteiger partial charge in [-0.15, -0.1) is 0 Å². The lowest BCUT2D eigenvalue weighted by atomic mass is 10.1. The third-order valence-corrected chi connectivity index (χ3v) is 9.04. The van der Waals surface area contributed by atoms with Crippen molar-refractivity contribution in [1.29, 1.82) is 0 Å². The Morgan fingerprint density at radius 2 is 1.83 bits per heavy atom. The van der Waals surface area contributed by atoms with Crippen molar-refractivity contribution in [2.75, 3.05) is 22.3 Å². The lowest BCUT2D eigenvalue weighted by molar-refractivity contribution is 0.103. The number of hydrogen-bond acceptors (Lipinski definition) is 6. The molecule has 0 bridgehead atoms. The van der Waals surface area contributed by atoms with Crippen molar-refractivity contribution < 1.29 is 31.1 Å². The smallest absolute Gasteiger partial charge is 0.235 e. The van der Waals surface area contributed by atoms with Crippen LogP contribution in [0.1, 0.15) is 33.6 Å². The predicted octanol–water partition coefficient (Wildman–Crippen LogP) is 5.53. The van der Waals surface area contributed by atoms with Gasteiger partial charge in [0.05, 0.1) is 28.9 Å². The number of nitrogens with two attached hydrogens (primary N) is 1. The van der Waals surface area contributed by atoms with E-state index in [0.29, 0.717) is 35.1 Å². The van der Waals surface area contributed by atoms with Crippen LogP contribution in [0.25, 0.3) is 16.6 Å². The molecule has 5 aromatic rings. The number of carbonyl (C=O) groups excluding carboxylic acids is 1. The quantitative estimate of drug-likeness (QED) is 0.249. The summed E-state index contributed by atoms with van der Waals surface area (Å²) in [6, 6.07) is 10.9. The second-order valence-corrected chi connectivity index (χ2v) is 12.1. The zero-order valence-corrected chi connectivity index (χ0v) is 23.2. The molecular formula is C29H24F3N5O4S. The number of anilines is 2. The van der Waals surface area contributed by atoms with Crippen molar-refractivity contribution in [1.82, 2.24) is 14.8 Å². The minimum atomic E-state index is -3.39. The maximum Gasteiger partial charge on any atom is 0.235 e. The highest BCUT2D eigenvalue weighted by Crippen LogP contribution is 2.34. The van der Waals surface area contributed by atoms with E-state index in [1.54, 1.807) is 32.0 Å². The molecule has 3 heterocycles. The number of nitrogens with one attached hydrogen (secondary N) is 1. The van der Waals surface area contributed by atoms with Crippen LogP contribution in [0.3, 0.4) is 0 Å². The van der Waals surface area contributed by atoms with E-state index in [2.05, 4.69) is 10.1 Å². The lowest BCUT2D eigenvalue weighted by Gasteiger charge is -2.19. The van der Waals surface area contributed by atoms with Crippen LogP contribution in [0.15, 0.2) is 54.7 Å². The van der Waals surface area contributed by atoms with Crippen molar-refractivity contribution in [3.8, 4) is 17.2 Å². The standard InChI is InChI=1S/C29H24F3N5O4S/c1-15-9-17-11-23(35-22(17)13-24(15)36-7-4-8-42(36,39)40)28(38)19-14-34-37(29(19)33)27-16(2)10-18(12-21(27)31)41-25-6-3-5-20(30)26(25)32/h3,5-6,9-14,35H,4,7-8,33H2,1-2H3. The van der Waals surface area contributed by atoms with Crippen LogP contribution < -0.4 is 14.8 Å². The topological polar surface area (TPSA) is 123 Å². The Hall–Kier alpha value is -4.78. The normalized spacial score (nSPS) is 14.5. The maximum atomic E-state index is 15.3. The summed E-state index contributed by atoms with van der Waals surface area (Å²) in [7, 11) is -3.39. The first-order valence-corrected chi connectivity index (χ1v) is 14.5. The molecule has 6 rings (SSSR count). The molecule has 0 unspecified atom stereocenters. The Bertz CT molecular complexity index is 2000. The number of ketones is 1. The van der Waals surface area contributed by atoms with Crippen molar-refractivity contribution in [3.63, 3.8) is 0 Å². The Morgan fingerprint density at radius 3 is 2.55 bits per heavy atom. The van der Waals surface area contributed by atoms with Crippen LogP contribution in [0.4, 0.5) is 24.7 Å². The minimum Gasteiger partial charge on any atom is -0.454 e. The fraction of sp³-hybridized carbons (Fsp3) is 0.172. The number of nitrogens with zero attached hydrogens (tertiary/aromatic N) is 3. The molecule has 3 N–H and O–H groups in total. The van der Waals surface area contributed by atoms with Gasteiger partial charge in [-0.2, -0.15) is 9.49 Å². The van der Waals surface area contributed by atoms with Gasteiger partial charge in [-0.05, 0) is 67.8 Å². The second kappa shape index (κ2) is 9.94. The average Bonchev–Trinajstić information content (AvgIpc) is 3.61. The number of aromatic amines is 1. The number of rotatable bonds is 6. The molecule has 1 aliphatic rings. The Balaban J connectivity index is 1.31. The van der Waals surface area contributed by atoms with Crippen molar-refractivity contribution in [3.05, 3.63) is 94.6 Å². The number of nitrogen functional groups attached to an aromatic ring is 1. The van der Waals surface area contributed by atoms with Crippen molar-refractivity contribution in [2.24, 2.45) is 0 Å². The molecular weight excluding hydrogens is 571 g/mol. The van der Waals surface area contributed by atoms with Gasteiger partial charge in [-0.25, -0.2) is 21.9 Å². The van der Waals surface area contributed by atoms with Gasteiger partial charge in [0.15, 0.2) is 17.4 Å². The van der Waals surface area contributed by atoms with Gasteiger partial charge in [0, 0.05) is 23.5 Å². The summed E-state index contributed by atoms with van der Waals surface area (Å²) in [6.45, 7) is 3.75. The van der Waals surface area contributed by atoms with Gasteiger partial charge >= 0.3 is 0 Å². The number of aryl methyl sites for hydroxylation is 2. The first-order chi connectivity index (χ1) is 19.9. The van der Waals surface area contributed by atoms with E-state index in [1.165, 1.54) is 28.7 Å². The third kappa shape index (κ3) is 4.55. The average molecular weight is 596 g/mol. The van der Waals surface area contributed by atoms with Gasteiger partial charge in [-0.3, -0.25) is 9.10 Å². The molecule has 0 saturated carbocycles. The van der Waals surface area contributed by atoms with Gasteiger partial charge in [0.2, 0.25) is 21.6 Å². The molecule has 9 nitrogen and oxygen atoms in total. The van der Waals surface area contributed by atoms with E-state index in [0.717, 1.165) is 22.4 Å². The highest BCUT2D eigenvalue weighted by atomic mass is 32.2. The number of fused-ring (bicyclic) bond motifs is 1. The molecule has 0 atom stereocenters. The molecule has 1 saturated heterocycles. The highest BCUT2D eigenvalue weighted by molar-refractivity contribution is 7.93. The molecule has 3 aromatic carbocycles. The summed E-state index contributed by atoms with van der Waals surface area (Å²) in [5.74, 6) is -4.14. The van der Waals surface area contributed by atoms with Crippen LogP contribution in [0, 0.1) is 31.3 Å². The van der Waals surface area contributed by atoms with Crippen LogP contribution >= 0.6 is 0 Å². The molecule has 216 valence electrons. The first kappa shape index (κ1) is 27.4. The number of benzene rings is 3. The molecule has 0 spiro atoms. The summed E-state index contributed by atoms with van der Waals surface area (Å²) >= 11 is 0. The molecule has 0 amide bonds. The molecule has 0 radical (unpaired) electrons. The number of halogens is 3. The van der Waals surface area contributed by atoms with Crippen molar-refractivity contribution >= 4 is 38.2 Å². The molecule has 0 aliphatic carbocycles. The van der Waals surface area contributed by atoms with E-state index in [-0.39, 0.29) is 34.3 Å². The van der Waals surface area contributed by atoms with E-state index in [9.17, 15) is 22.0 Å². The Kier molecular flexibility index (Phi) is 6.49. The number of aromatic nitrogens is 3. The molecule has 2 aromatic heterocycles. The molecule has 1 fully saturated rings. The third-order valence-electron chi connectivity index (χ3n) is 7.18. The highest BCUT2D eigenvalue weighted by Gasteiger charge is 2.30. The first-order valence-electron chi connectivity index (χ1n) is 12.9.